The normalized spacial score (nSPS) is 26.2. The van der Waals surface area contributed by atoms with Crippen LogP contribution in [0.1, 0.15) is 69.1 Å². The third-order valence-corrected chi connectivity index (χ3v) is 18.9. The largest absolute Gasteiger partial charge is 0.461 e. The van der Waals surface area contributed by atoms with Crippen molar-refractivity contribution in [3.63, 3.8) is 0 Å². The number of halogens is 4. The van der Waals surface area contributed by atoms with Gasteiger partial charge in [0.25, 0.3) is 0 Å². The first-order valence-corrected chi connectivity index (χ1v) is 21.7. The van der Waals surface area contributed by atoms with Gasteiger partial charge in [0.05, 0.1) is 38.5 Å². The number of pyridine rings is 1. The summed E-state index contributed by atoms with van der Waals surface area (Å²) in [4.78, 5) is 17.2. The summed E-state index contributed by atoms with van der Waals surface area (Å²) in [6, 6.07) is 5.06. The molecule has 2 N–H and O–H groups in total. The predicted molar refractivity (Wildman–Crippen MR) is 211 cm³/mol. The average molecular weight is 777 g/mol. The lowest BCUT2D eigenvalue weighted by Crippen LogP contribution is -2.43. The lowest BCUT2D eigenvalue weighted by molar-refractivity contribution is 0.107. The van der Waals surface area contributed by atoms with Crippen molar-refractivity contribution < 1.29 is 29.8 Å². The summed E-state index contributed by atoms with van der Waals surface area (Å²) in [6.45, 7) is 11.9. The summed E-state index contributed by atoms with van der Waals surface area (Å²) >= 11 is 0. The molecule has 2 aromatic carbocycles. The molecule has 5 heterocycles. The van der Waals surface area contributed by atoms with E-state index in [1.165, 1.54) is 18.3 Å². The van der Waals surface area contributed by atoms with Crippen LogP contribution in [-0.2, 0) is 4.74 Å². The Kier molecular flexibility index (Phi) is 9.14. The number of nitrogen functional groups attached to an aromatic ring is 1. The molecule has 1 saturated carbocycles. The minimum Gasteiger partial charge on any atom is -0.461 e. The van der Waals surface area contributed by atoms with Crippen LogP contribution in [0.2, 0.25) is 16.6 Å². The molecule has 2 aromatic heterocycles. The minimum absolute atomic E-state index is 0.0704. The molecule has 4 aliphatic rings. The van der Waals surface area contributed by atoms with Gasteiger partial charge in [-0.3, -0.25) is 9.88 Å². The van der Waals surface area contributed by atoms with Crippen LogP contribution >= 0.6 is 0 Å². The van der Waals surface area contributed by atoms with Crippen molar-refractivity contribution in [3.05, 3.63) is 47.7 Å². The van der Waals surface area contributed by atoms with E-state index in [0.29, 0.717) is 35.8 Å². The van der Waals surface area contributed by atoms with Crippen molar-refractivity contribution in [2.75, 3.05) is 50.0 Å². The highest BCUT2D eigenvalue weighted by Crippen LogP contribution is 2.46. The molecule has 0 amide bonds. The van der Waals surface area contributed by atoms with Crippen LogP contribution in [0.4, 0.5) is 29.1 Å². The number of aromatic nitrogens is 3. The van der Waals surface area contributed by atoms with Crippen molar-refractivity contribution in [1.82, 2.24) is 19.9 Å². The molecule has 0 unspecified atom stereocenters. The smallest absolute Gasteiger partial charge is 0.319 e. The van der Waals surface area contributed by atoms with E-state index in [1.807, 2.05) is 0 Å². The molecule has 0 bridgehead atoms. The van der Waals surface area contributed by atoms with E-state index in [-0.39, 0.29) is 82.9 Å². The number of hydrogen-bond acceptors (Lipinski definition) is 8. The number of alkyl halides is 2. The SMILES string of the molecule is [2H]C([2H])(Oc1nc(N2CCOC[C@H]3[C@H](F)[C@H]32)c2cnc(-c3cc(N)cc4ccc(F)c(C#C[Si](C(C)C)(C(C)C)C(C)C)c34)c(F)c2n1)[C@@]12CCCN1C[C@H](F)C2. The fourth-order valence-corrected chi connectivity index (χ4v) is 15.1. The van der Waals surface area contributed by atoms with Gasteiger partial charge in [0.1, 0.15) is 49.8 Å². The first-order valence-electron chi connectivity index (χ1n) is 20.5. The van der Waals surface area contributed by atoms with E-state index in [9.17, 15) is 4.39 Å². The number of hydrogen-bond donors (Lipinski definition) is 1. The lowest BCUT2D eigenvalue weighted by Gasteiger charge is -2.38. The third-order valence-electron chi connectivity index (χ3n) is 12.6. The molecule has 13 heteroatoms. The Labute approximate surface area is 324 Å². The minimum atomic E-state index is -2.47. The Morgan fingerprint density at radius 3 is 2.60 bits per heavy atom. The van der Waals surface area contributed by atoms with Crippen molar-refractivity contribution in [3.8, 4) is 28.7 Å². The van der Waals surface area contributed by atoms with Crippen LogP contribution < -0.4 is 15.4 Å². The van der Waals surface area contributed by atoms with Crippen LogP contribution in [-0.4, -0.2) is 91.3 Å². The topological polar surface area (TPSA) is 89.6 Å². The maximum Gasteiger partial charge on any atom is 0.319 e. The summed E-state index contributed by atoms with van der Waals surface area (Å²) in [5, 5.41) is 1.04. The summed E-state index contributed by atoms with van der Waals surface area (Å²) in [6.07, 6.45) is -0.104. The molecular weight excluding hydrogens is 725 g/mol. The highest BCUT2D eigenvalue weighted by atomic mass is 28.3. The standard InChI is InChI=1S/C42H50F4N6O2Si/c1-23(2)55(24(3)4,25(5)6)15-10-29-33(44)9-8-26-16-28(47)17-30(34(26)29)37-36(46)38-31(19-48-37)40(52-13-14-53-21-32-35(45)39(32)52)50-41(49-38)54-22-42-11-7-12-51(42)20-27(43)18-42/h8-9,16-17,19,23-25,27,32,35,39H,7,11-14,18,20-22,47H2,1-6H3/t27-,32+,35+,39+,42+/m1/s1/i22D2. The van der Waals surface area contributed by atoms with Gasteiger partial charge in [0.2, 0.25) is 0 Å². The van der Waals surface area contributed by atoms with E-state index in [1.54, 1.807) is 21.9 Å². The lowest BCUT2D eigenvalue weighted by atomic mass is 9.95. The first-order chi connectivity index (χ1) is 27.0. The Hall–Kier alpha value is -3.99. The van der Waals surface area contributed by atoms with Crippen molar-refractivity contribution in [1.29, 1.82) is 0 Å². The Morgan fingerprint density at radius 1 is 1.09 bits per heavy atom. The fourth-order valence-electron chi connectivity index (χ4n) is 9.94. The van der Waals surface area contributed by atoms with E-state index < -0.39 is 62.1 Å². The molecule has 8 nitrogen and oxygen atoms in total. The molecule has 292 valence electrons. The van der Waals surface area contributed by atoms with Crippen LogP contribution in [0.15, 0.2) is 30.5 Å². The second-order valence-corrected chi connectivity index (χ2v) is 22.3. The fraction of sp³-hybridized carbons (Fsp3) is 0.548. The molecule has 5 atom stereocenters. The van der Waals surface area contributed by atoms with Gasteiger partial charge in [0, 0.05) is 48.3 Å². The van der Waals surface area contributed by atoms with Gasteiger partial charge in [-0.15, -0.1) is 5.54 Å². The first kappa shape index (κ1) is 35.4. The quantitative estimate of drug-likeness (QED) is 0.0827. The average Bonchev–Trinajstić information content (AvgIpc) is 3.50. The van der Waals surface area contributed by atoms with E-state index in [0.717, 1.165) is 0 Å². The summed E-state index contributed by atoms with van der Waals surface area (Å²) in [5.74, 6) is 1.48. The summed E-state index contributed by atoms with van der Waals surface area (Å²) < 4.78 is 93.6. The molecule has 8 rings (SSSR count). The number of anilines is 2. The number of ether oxygens (including phenoxy) is 2. The van der Waals surface area contributed by atoms with Crippen LogP contribution in [0.25, 0.3) is 32.9 Å². The van der Waals surface area contributed by atoms with Gasteiger partial charge in [-0.2, -0.15) is 9.97 Å². The molecule has 55 heavy (non-hydrogen) atoms. The second kappa shape index (κ2) is 14.2. The van der Waals surface area contributed by atoms with Gasteiger partial charge >= 0.3 is 6.01 Å². The zero-order chi connectivity index (χ0) is 40.8. The highest BCUT2D eigenvalue weighted by Gasteiger charge is 2.56. The molecule has 1 aliphatic carbocycles. The predicted octanol–water partition coefficient (Wildman–Crippen LogP) is 8.40. The summed E-state index contributed by atoms with van der Waals surface area (Å²) in [5.41, 5.74) is 9.77. The Morgan fingerprint density at radius 2 is 1.85 bits per heavy atom. The number of nitrogens with zero attached hydrogens (tertiary/aromatic N) is 5. The zero-order valence-corrected chi connectivity index (χ0v) is 33.2. The van der Waals surface area contributed by atoms with E-state index >= 15 is 13.2 Å². The van der Waals surface area contributed by atoms with Crippen molar-refractivity contribution in [2.24, 2.45) is 5.92 Å². The van der Waals surface area contributed by atoms with Crippen LogP contribution in [0.3, 0.4) is 0 Å². The van der Waals surface area contributed by atoms with Gasteiger partial charge in [-0.25, -0.2) is 17.6 Å². The van der Waals surface area contributed by atoms with Crippen LogP contribution in [0.5, 0.6) is 6.01 Å². The molecular formula is C42H50F4N6O2Si. The van der Waals surface area contributed by atoms with Crippen molar-refractivity contribution >= 4 is 41.3 Å². The monoisotopic (exact) mass is 776 g/mol. The molecule has 4 aromatic rings. The molecule has 0 spiro atoms. The molecule has 0 radical (unpaired) electrons. The number of fused-ring (bicyclic) bond motifs is 4. The summed E-state index contributed by atoms with van der Waals surface area (Å²) in [7, 11) is -2.33. The van der Waals surface area contributed by atoms with Crippen molar-refractivity contribution in [2.45, 2.75) is 101 Å². The Bertz CT molecular complexity index is 2280. The zero-order valence-electron chi connectivity index (χ0n) is 34.2. The van der Waals surface area contributed by atoms with Gasteiger partial charge in [-0.1, -0.05) is 53.5 Å². The molecule has 3 aliphatic heterocycles. The highest BCUT2D eigenvalue weighted by molar-refractivity contribution is 6.90. The molecule has 3 saturated heterocycles. The van der Waals surface area contributed by atoms with Gasteiger partial charge in [0.15, 0.2) is 5.82 Å². The Balaban J connectivity index is 1.33. The maximum absolute atomic E-state index is 17.5. The van der Waals surface area contributed by atoms with E-state index in [4.69, 9.17) is 17.9 Å². The van der Waals surface area contributed by atoms with Gasteiger partial charge < -0.3 is 20.1 Å². The van der Waals surface area contributed by atoms with Gasteiger partial charge in [-0.05, 0) is 59.6 Å². The third kappa shape index (κ3) is 6.32. The second-order valence-electron chi connectivity index (χ2n) is 16.7. The maximum atomic E-state index is 17.5. The number of rotatable bonds is 8. The van der Waals surface area contributed by atoms with Crippen LogP contribution in [0, 0.1) is 29.0 Å². The number of nitrogens with two attached hydrogens (primary N) is 1. The number of benzene rings is 2. The molecule has 4 fully saturated rings. The van der Waals surface area contributed by atoms with E-state index in [2.05, 4.69) is 68.0 Å².